The van der Waals surface area contributed by atoms with Crippen molar-refractivity contribution in [2.24, 2.45) is 0 Å². The number of amides is 1. The van der Waals surface area contributed by atoms with E-state index in [1.807, 2.05) is 19.1 Å². The van der Waals surface area contributed by atoms with Gasteiger partial charge >= 0.3 is 5.63 Å². The Morgan fingerprint density at radius 3 is 2.77 bits per heavy atom. The number of aryl methyl sites for hydroxylation is 2. The number of carbonyl (C=O) groups is 1. The summed E-state index contributed by atoms with van der Waals surface area (Å²) in [4.78, 5) is 24.4. The molecule has 140 valence electrons. The van der Waals surface area contributed by atoms with Crippen LogP contribution in [0.5, 0.6) is 5.75 Å². The van der Waals surface area contributed by atoms with Gasteiger partial charge in [-0.15, -0.1) is 0 Å². The molecule has 0 saturated heterocycles. The van der Waals surface area contributed by atoms with Gasteiger partial charge in [-0.2, -0.15) is 0 Å². The summed E-state index contributed by atoms with van der Waals surface area (Å²) in [7, 11) is 0. The number of hydrogen-bond acceptors (Lipinski definition) is 5. The summed E-state index contributed by atoms with van der Waals surface area (Å²) < 4.78 is 11.4. The maximum absolute atomic E-state index is 12.3. The Labute approximate surface area is 152 Å². The van der Waals surface area contributed by atoms with Gasteiger partial charge < -0.3 is 19.6 Å². The van der Waals surface area contributed by atoms with E-state index in [4.69, 9.17) is 14.3 Å². The summed E-state index contributed by atoms with van der Waals surface area (Å²) in [6.45, 7) is 3.94. The maximum Gasteiger partial charge on any atom is 0.339 e. The zero-order valence-corrected chi connectivity index (χ0v) is 15.3. The Morgan fingerprint density at radius 2 is 2.04 bits per heavy atom. The standard InChI is InChI=1S/C20H25NO5/c1-12-17(25-13(2)19(23)21-10-5-11-22)9-8-15-14-6-3-4-7-16(14)20(24)26-18(12)15/h8-9,13,22H,3-7,10-11H2,1-2H3,(H,21,23). The summed E-state index contributed by atoms with van der Waals surface area (Å²) in [6.07, 6.45) is 3.58. The molecule has 0 fully saturated rings. The van der Waals surface area contributed by atoms with Gasteiger partial charge in [0.1, 0.15) is 11.3 Å². The largest absolute Gasteiger partial charge is 0.480 e. The van der Waals surface area contributed by atoms with Gasteiger partial charge in [0.15, 0.2) is 6.10 Å². The first-order valence-corrected chi connectivity index (χ1v) is 9.16. The minimum atomic E-state index is -0.686. The monoisotopic (exact) mass is 359 g/mol. The van der Waals surface area contributed by atoms with Crippen LogP contribution in [0.4, 0.5) is 0 Å². The number of aliphatic hydroxyl groups excluding tert-OH is 1. The Bertz CT molecular complexity index is 871. The van der Waals surface area contributed by atoms with E-state index >= 15 is 0 Å². The highest BCUT2D eigenvalue weighted by Crippen LogP contribution is 2.32. The summed E-state index contributed by atoms with van der Waals surface area (Å²) in [5.41, 5.74) is 2.90. The highest BCUT2D eigenvalue weighted by atomic mass is 16.5. The molecule has 1 aliphatic carbocycles. The summed E-state index contributed by atoms with van der Waals surface area (Å²) >= 11 is 0. The van der Waals surface area contributed by atoms with Crippen molar-refractivity contribution in [2.45, 2.75) is 52.1 Å². The number of benzene rings is 1. The number of rotatable bonds is 6. The summed E-state index contributed by atoms with van der Waals surface area (Å²) in [6, 6.07) is 3.76. The van der Waals surface area contributed by atoms with Crippen LogP contribution in [0.15, 0.2) is 21.3 Å². The molecule has 1 unspecified atom stereocenters. The fourth-order valence-electron chi connectivity index (χ4n) is 3.43. The lowest BCUT2D eigenvalue weighted by atomic mass is 9.90. The first-order chi connectivity index (χ1) is 12.5. The minimum absolute atomic E-state index is 0.0304. The molecule has 2 N–H and O–H groups in total. The van der Waals surface area contributed by atoms with Crippen molar-refractivity contribution < 1.29 is 19.1 Å². The lowest BCUT2D eigenvalue weighted by molar-refractivity contribution is -0.127. The van der Waals surface area contributed by atoms with Crippen LogP contribution in [-0.4, -0.2) is 30.3 Å². The Balaban J connectivity index is 1.88. The first-order valence-electron chi connectivity index (χ1n) is 9.16. The number of ether oxygens (including phenoxy) is 1. The normalized spacial score (nSPS) is 14.7. The molecule has 1 aliphatic rings. The average Bonchev–Trinajstić information content (AvgIpc) is 2.65. The third-order valence-corrected chi connectivity index (χ3v) is 4.90. The van der Waals surface area contributed by atoms with Gasteiger partial charge in [0.25, 0.3) is 5.91 Å². The van der Waals surface area contributed by atoms with Crippen LogP contribution in [0.1, 0.15) is 42.9 Å². The summed E-state index contributed by atoms with van der Waals surface area (Å²) in [5, 5.41) is 12.5. The van der Waals surface area contributed by atoms with Gasteiger partial charge in [-0.3, -0.25) is 4.79 Å². The quantitative estimate of drug-likeness (QED) is 0.610. The molecule has 0 bridgehead atoms. The topological polar surface area (TPSA) is 88.8 Å². The predicted octanol–water partition coefficient (Wildman–Crippen LogP) is 2.25. The molecule has 1 atom stereocenters. The molecule has 0 radical (unpaired) electrons. The molecule has 1 amide bonds. The van der Waals surface area contributed by atoms with Gasteiger partial charge in [-0.1, -0.05) is 0 Å². The lowest BCUT2D eigenvalue weighted by Crippen LogP contribution is -2.37. The van der Waals surface area contributed by atoms with Crippen LogP contribution in [0, 0.1) is 6.92 Å². The number of nitrogens with one attached hydrogen (secondary N) is 1. The highest BCUT2D eigenvalue weighted by molar-refractivity contribution is 5.86. The zero-order chi connectivity index (χ0) is 18.7. The molecule has 26 heavy (non-hydrogen) atoms. The molecule has 1 aromatic carbocycles. The van der Waals surface area contributed by atoms with Gasteiger partial charge in [0.2, 0.25) is 0 Å². The van der Waals surface area contributed by atoms with Gasteiger partial charge in [-0.05, 0) is 63.6 Å². The van der Waals surface area contributed by atoms with Gasteiger partial charge in [-0.25, -0.2) is 4.79 Å². The molecule has 1 aromatic heterocycles. The average molecular weight is 359 g/mol. The Kier molecular flexibility index (Phi) is 5.61. The molecule has 0 aliphatic heterocycles. The number of fused-ring (bicyclic) bond motifs is 3. The van der Waals surface area contributed by atoms with Crippen LogP contribution < -0.4 is 15.7 Å². The second kappa shape index (κ2) is 7.91. The first kappa shape index (κ1) is 18.5. The minimum Gasteiger partial charge on any atom is -0.480 e. The highest BCUT2D eigenvalue weighted by Gasteiger charge is 2.21. The van der Waals surface area contributed by atoms with Crippen LogP contribution in [0.2, 0.25) is 0 Å². The number of hydrogen-bond donors (Lipinski definition) is 2. The second-order valence-corrected chi connectivity index (χ2v) is 6.75. The van der Waals surface area contributed by atoms with E-state index < -0.39 is 6.10 Å². The van der Waals surface area contributed by atoms with E-state index in [1.165, 1.54) is 0 Å². The van der Waals surface area contributed by atoms with Crippen LogP contribution in [-0.2, 0) is 17.6 Å². The van der Waals surface area contributed by atoms with Gasteiger partial charge in [0.05, 0.1) is 0 Å². The zero-order valence-electron chi connectivity index (χ0n) is 15.3. The lowest BCUT2D eigenvalue weighted by Gasteiger charge is -2.19. The smallest absolute Gasteiger partial charge is 0.339 e. The summed E-state index contributed by atoms with van der Waals surface area (Å²) in [5.74, 6) is 0.283. The van der Waals surface area contributed by atoms with Crippen LogP contribution >= 0.6 is 0 Å². The van der Waals surface area contributed by atoms with Crippen molar-refractivity contribution in [1.82, 2.24) is 5.32 Å². The molecule has 0 saturated carbocycles. The molecule has 3 rings (SSSR count). The van der Waals surface area contributed by atoms with Crippen molar-refractivity contribution >= 4 is 16.9 Å². The van der Waals surface area contributed by atoms with Crippen molar-refractivity contribution in [1.29, 1.82) is 0 Å². The van der Waals surface area contributed by atoms with Crippen LogP contribution in [0.25, 0.3) is 11.0 Å². The molecule has 1 heterocycles. The molecule has 2 aromatic rings. The Hall–Kier alpha value is -2.34. The molecular weight excluding hydrogens is 334 g/mol. The second-order valence-electron chi connectivity index (χ2n) is 6.75. The molecule has 0 spiro atoms. The fourth-order valence-corrected chi connectivity index (χ4v) is 3.43. The van der Waals surface area contributed by atoms with Crippen molar-refractivity contribution in [2.75, 3.05) is 13.2 Å². The molecule has 6 nitrogen and oxygen atoms in total. The van der Waals surface area contributed by atoms with Crippen molar-refractivity contribution in [3.63, 3.8) is 0 Å². The fraction of sp³-hybridized carbons (Fsp3) is 0.500. The Morgan fingerprint density at radius 1 is 1.31 bits per heavy atom. The SMILES string of the molecule is Cc1c(OC(C)C(=O)NCCCO)ccc2c3c(c(=O)oc12)CCCC3. The van der Waals surface area contributed by atoms with Crippen molar-refractivity contribution in [3.05, 3.63) is 39.2 Å². The van der Waals surface area contributed by atoms with E-state index in [1.54, 1.807) is 6.92 Å². The number of carbonyl (C=O) groups excluding carboxylic acids is 1. The van der Waals surface area contributed by atoms with E-state index in [2.05, 4.69) is 5.32 Å². The van der Waals surface area contributed by atoms with E-state index in [9.17, 15) is 9.59 Å². The predicted molar refractivity (Wildman–Crippen MR) is 98.7 cm³/mol. The third kappa shape index (κ3) is 3.60. The van der Waals surface area contributed by atoms with Crippen LogP contribution in [0.3, 0.4) is 0 Å². The van der Waals surface area contributed by atoms with E-state index in [0.717, 1.165) is 47.8 Å². The molecular formula is C20H25NO5. The number of aliphatic hydroxyl groups is 1. The maximum atomic E-state index is 12.3. The third-order valence-electron chi connectivity index (χ3n) is 4.90. The van der Waals surface area contributed by atoms with E-state index in [0.29, 0.717) is 24.3 Å². The van der Waals surface area contributed by atoms with Gasteiger partial charge in [0, 0.05) is 29.7 Å². The van der Waals surface area contributed by atoms with E-state index in [-0.39, 0.29) is 18.1 Å². The molecule has 6 heteroatoms. The van der Waals surface area contributed by atoms with Crippen molar-refractivity contribution in [3.8, 4) is 5.75 Å².